The number of carbonyl (C=O) groups is 1. The summed E-state index contributed by atoms with van der Waals surface area (Å²) in [4.78, 5) is 10.1. The first-order chi connectivity index (χ1) is 6.04. The fourth-order valence-electron chi connectivity index (χ4n) is 1.35. The molecule has 0 aromatic rings. The Morgan fingerprint density at radius 1 is 1.14 bits per heavy atom. The molecule has 1 aliphatic carbocycles. The van der Waals surface area contributed by atoms with E-state index in [-0.39, 0.29) is 0 Å². The van der Waals surface area contributed by atoms with Crippen LogP contribution in [0.5, 0.6) is 0 Å². The average Bonchev–Trinajstić information content (AvgIpc) is 2.54. The summed E-state index contributed by atoms with van der Waals surface area (Å²) < 4.78 is 72.1. The van der Waals surface area contributed by atoms with Crippen LogP contribution >= 0.6 is 0 Å². The molecule has 0 heterocycles. The third-order valence-electron chi connectivity index (χ3n) is 2.27. The number of hydrogen-bond donors (Lipinski definition) is 1. The number of aliphatic carboxylic acids is 1. The van der Waals surface area contributed by atoms with E-state index >= 15 is 0 Å². The van der Waals surface area contributed by atoms with Crippen LogP contribution in [0.2, 0.25) is 0 Å². The van der Waals surface area contributed by atoms with Crippen molar-refractivity contribution in [3.63, 3.8) is 0 Å². The minimum atomic E-state index is -5.56. The van der Waals surface area contributed by atoms with Crippen molar-refractivity contribution in [2.75, 3.05) is 0 Å². The first-order valence-corrected chi connectivity index (χ1v) is 3.40. The standard InChI is InChI=1S/C6H4F6O2/c7-5(8,9)4(6(10,11)12)1-2(4)3(13)14/h2H,1H2,(H,13,14). The van der Waals surface area contributed by atoms with Gasteiger partial charge in [-0.15, -0.1) is 0 Å². The van der Waals surface area contributed by atoms with Crippen molar-refractivity contribution in [3.8, 4) is 0 Å². The van der Waals surface area contributed by atoms with E-state index in [1.165, 1.54) is 0 Å². The van der Waals surface area contributed by atoms with Gasteiger partial charge in [0.2, 0.25) is 0 Å². The number of halogens is 6. The summed E-state index contributed by atoms with van der Waals surface area (Å²) in [5.41, 5.74) is -4.04. The van der Waals surface area contributed by atoms with Crippen LogP contribution in [-0.2, 0) is 4.79 Å². The zero-order chi connectivity index (χ0) is 11.4. The van der Waals surface area contributed by atoms with Crippen LogP contribution in [0.25, 0.3) is 0 Å². The van der Waals surface area contributed by atoms with Gasteiger partial charge in [-0.2, -0.15) is 26.3 Å². The van der Waals surface area contributed by atoms with E-state index < -0.39 is 36.1 Å². The lowest BCUT2D eigenvalue weighted by atomic mass is 10.0. The Bertz CT molecular complexity index is 250. The van der Waals surface area contributed by atoms with Gasteiger partial charge < -0.3 is 5.11 Å². The SMILES string of the molecule is O=C(O)C1CC1(C(F)(F)F)C(F)(F)F. The molecule has 14 heavy (non-hydrogen) atoms. The van der Waals surface area contributed by atoms with Crippen LogP contribution in [0.1, 0.15) is 6.42 Å². The summed E-state index contributed by atoms with van der Waals surface area (Å²) in [6.45, 7) is 0. The quantitative estimate of drug-likeness (QED) is 0.690. The predicted molar refractivity (Wildman–Crippen MR) is 30.3 cm³/mol. The van der Waals surface area contributed by atoms with Crippen LogP contribution in [0.3, 0.4) is 0 Å². The molecular formula is C6H4F6O2. The Hall–Kier alpha value is -0.950. The minimum Gasteiger partial charge on any atom is -0.481 e. The lowest BCUT2D eigenvalue weighted by Crippen LogP contribution is -2.41. The molecule has 1 saturated carbocycles. The lowest BCUT2D eigenvalue weighted by Gasteiger charge is -2.22. The Balaban J connectivity index is 3.05. The highest BCUT2D eigenvalue weighted by molar-refractivity contribution is 5.75. The minimum absolute atomic E-state index is 1.42. The number of carboxylic acid groups (broad SMARTS) is 1. The highest BCUT2D eigenvalue weighted by Gasteiger charge is 2.85. The predicted octanol–water partition coefficient (Wildman–Crippen LogP) is 2.20. The van der Waals surface area contributed by atoms with Gasteiger partial charge in [0.25, 0.3) is 0 Å². The molecular weight excluding hydrogens is 218 g/mol. The molecule has 1 atom stereocenters. The Morgan fingerprint density at radius 2 is 1.50 bits per heavy atom. The molecule has 0 spiro atoms. The number of alkyl halides is 6. The third kappa shape index (κ3) is 1.24. The van der Waals surface area contributed by atoms with Gasteiger partial charge in [-0.05, 0) is 6.42 Å². The maximum Gasteiger partial charge on any atom is 0.404 e. The second kappa shape index (κ2) is 2.54. The molecule has 1 N–H and O–H groups in total. The van der Waals surface area contributed by atoms with E-state index in [1.807, 2.05) is 0 Å². The molecule has 1 rings (SSSR count). The topological polar surface area (TPSA) is 37.3 Å². The number of rotatable bonds is 1. The smallest absolute Gasteiger partial charge is 0.404 e. The van der Waals surface area contributed by atoms with Gasteiger partial charge in [0, 0.05) is 0 Å². The van der Waals surface area contributed by atoms with E-state index in [1.54, 1.807) is 0 Å². The molecule has 1 unspecified atom stereocenters. The molecule has 0 aromatic carbocycles. The number of hydrogen-bond acceptors (Lipinski definition) is 1. The highest BCUT2D eigenvalue weighted by Crippen LogP contribution is 2.70. The Kier molecular flexibility index (Phi) is 2.02. The second-order valence-electron chi connectivity index (χ2n) is 3.06. The van der Waals surface area contributed by atoms with Crippen LogP contribution in [0, 0.1) is 11.3 Å². The molecule has 82 valence electrons. The monoisotopic (exact) mass is 222 g/mol. The molecule has 8 heteroatoms. The molecule has 2 nitrogen and oxygen atoms in total. The first kappa shape index (κ1) is 11.1. The maximum absolute atomic E-state index is 12.0. The van der Waals surface area contributed by atoms with Gasteiger partial charge in [0.05, 0.1) is 5.92 Å². The van der Waals surface area contributed by atoms with Crippen LogP contribution < -0.4 is 0 Å². The summed E-state index contributed by atoms with van der Waals surface area (Å²) in [5.74, 6) is -4.47. The van der Waals surface area contributed by atoms with Crippen molar-refractivity contribution < 1.29 is 36.2 Å². The molecule has 0 radical (unpaired) electrons. The largest absolute Gasteiger partial charge is 0.481 e. The molecule has 0 saturated heterocycles. The van der Waals surface area contributed by atoms with Gasteiger partial charge in [-0.1, -0.05) is 0 Å². The van der Waals surface area contributed by atoms with Gasteiger partial charge in [-0.25, -0.2) is 0 Å². The van der Waals surface area contributed by atoms with Crippen LogP contribution in [-0.4, -0.2) is 23.4 Å². The second-order valence-corrected chi connectivity index (χ2v) is 3.06. The fraction of sp³-hybridized carbons (Fsp3) is 0.833. The summed E-state index contributed by atoms with van der Waals surface area (Å²) in [5, 5.41) is 8.12. The van der Waals surface area contributed by atoms with Crippen LogP contribution in [0.4, 0.5) is 26.3 Å². The molecule has 0 aliphatic heterocycles. The molecule has 0 aromatic heterocycles. The zero-order valence-electron chi connectivity index (χ0n) is 6.41. The van der Waals surface area contributed by atoms with E-state index in [9.17, 15) is 31.1 Å². The van der Waals surface area contributed by atoms with Crippen LogP contribution in [0.15, 0.2) is 0 Å². The van der Waals surface area contributed by atoms with Crippen molar-refractivity contribution in [3.05, 3.63) is 0 Å². The van der Waals surface area contributed by atoms with Crippen molar-refractivity contribution in [1.29, 1.82) is 0 Å². The van der Waals surface area contributed by atoms with E-state index in [4.69, 9.17) is 5.11 Å². The molecule has 1 aliphatic rings. The van der Waals surface area contributed by atoms with Gasteiger partial charge in [0.1, 0.15) is 0 Å². The van der Waals surface area contributed by atoms with Crippen molar-refractivity contribution in [2.45, 2.75) is 18.8 Å². The summed E-state index contributed by atoms with van der Waals surface area (Å²) in [7, 11) is 0. The number of carboxylic acids is 1. The maximum atomic E-state index is 12.0. The first-order valence-electron chi connectivity index (χ1n) is 3.40. The lowest BCUT2D eigenvalue weighted by molar-refractivity contribution is -0.305. The van der Waals surface area contributed by atoms with Gasteiger partial charge in [0.15, 0.2) is 5.41 Å². The van der Waals surface area contributed by atoms with Gasteiger partial charge in [-0.3, -0.25) is 4.79 Å². The zero-order valence-corrected chi connectivity index (χ0v) is 6.41. The Morgan fingerprint density at radius 3 is 1.57 bits per heavy atom. The fourth-order valence-corrected chi connectivity index (χ4v) is 1.35. The normalized spacial score (nSPS) is 26.0. The van der Waals surface area contributed by atoms with E-state index in [2.05, 4.69) is 0 Å². The average molecular weight is 222 g/mol. The van der Waals surface area contributed by atoms with E-state index in [0.29, 0.717) is 0 Å². The molecule has 0 bridgehead atoms. The van der Waals surface area contributed by atoms with Gasteiger partial charge >= 0.3 is 18.3 Å². The van der Waals surface area contributed by atoms with Crippen molar-refractivity contribution in [2.24, 2.45) is 11.3 Å². The Labute approximate surface area is 73.5 Å². The summed E-state index contributed by atoms with van der Waals surface area (Å²) >= 11 is 0. The summed E-state index contributed by atoms with van der Waals surface area (Å²) in [6, 6.07) is 0. The van der Waals surface area contributed by atoms with Crippen molar-refractivity contribution in [1.82, 2.24) is 0 Å². The van der Waals surface area contributed by atoms with E-state index in [0.717, 1.165) is 0 Å². The molecule has 0 amide bonds. The highest BCUT2D eigenvalue weighted by atomic mass is 19.4. The summed E-state index contributed by atoms with van der Waals surface area (Å²) in [6.07, 6.45) is -12.5. The molecule has 1 fully saturated rings. The third-order valence-corrected chi connectivity index (χ3v) is 2.27. The van der Waals surface area contributed by atoms with Crippen molar-refractivity contribution >= 4 is 5.97 Å².